The molecule has 2 aliphatic rings. The van der Waals surface area contributed by atoms with Gasteiger partial charge in [-0.05, 0) is 66.2 Å². The molecule has 2 fully saturated rings. The van der Waals surface area contributed by atoms with Crippen molar-refractivity contribution < 1.29 is 24.0 Å². The van der Waals surface area contributed by atoms with Gasteiger partial charge in [-0.2, -0.15) is 0 Å². The van der Waals surface area contributed by atoms with Crippen LogP contribution < -0.4 is 21.3 Å². The second kappa shape index (κ2) is 15.2. The van der Waals surface area contributed by atoms with Gasteiger partial charge in [0.25, 0.3) is 5.91 Å². The van der Waals surface area contributed by atoms with E-state index in [2.05, 4.69) is 33.8 Å². The predicted molar refractivity (Wildman–Crippen MR) is 163 cm³/mol. The third-order valence-corrected chi connectivity index (χ3v) is 8.25. The van der Waals surface area contributed by atoms with Gasteiger partial charge >= 0.3 is 6.03 Å². The summed E-state index contributed by atoms with van der Waals surface area (Å²) in [6.07, 6.45) is 13.2. The monoisotopic (exact) mass is 585 g/mol. The summed E-state index contributed by atoms with van der Waals surface area (Å²) >= 11 is 0. The summed E-state index contributed by atoms with van der Waals surface area (Å²) in [6.45, 7) is 15.1. The van der Waals surface area contributed by atoms with Crippen molar-refractivity contribution in [2.24, 2.45) is 17.3 Å². The number of hydrogen-bond acceptors (Lipinski definition) is 5. The van der Waals surface area contributed by atoms with Crippen LogP contribution in [-0.4, -0.2) is 71.2 Å². The molecule has 10 heteroatoms. The van der Waals surface area contributed by atoms with Crippen molar-refractivity contribution >= 4 is 29.5 Å². The number of urea groups is 1. The summed E-state index contributed by atoms with van der Waals surface area (Å²) in [5, 5.41) is 11.1. The van der Waals surface area contributed by atoms with Gasteiger partial charge in [0, 0.05) is 30.0 Å². The summed E-state index contributed by atoms with van der Waals surface area (Å²) in [4.78, 5) is 68.2. The minimum atomic E-state index is -1.05. The number of likely N-dealkylation sites (tertiary alicyclic amines) is 1. The van der Waals surface area contributed by atoms with E-state index in [0.29, 0.717) is 12.8 Å². The molecule has 1 saturated carbocycles. The van der Waals surface area contributed by atoms with Crippen molar-refractivity contribution in [3.63, 3.8) is 0 Å². The first kappa shape index (κ1) is 34.8. The Morgan fingerprint density at radius 2 is 1.67 bits per heavy atom. The van der Waals surface area contributed by atoms with Gasteiger partial charge in [-0.25, -0.2) is 4.79 Å². The van der Waals surface area contributed by atoms with E-state index in [1.54, 1.807) is 0 Å². The lowest BCUT2D eigenvalue weighted by molar-refractivity contribution is -0.144. The molecular formula is C32H51N5O5. The molecule has 0 aromatic rings. The van der Waals surface area contributed by atoms with E-state index in [9.17, 15) is 24.0 Å². The SMILES string of the molecule is C#CC(C)(C)[C@H]1CCN(C(=O)[C@@H](NC(=O)NC(C)(C)C)C2CCCCC2)[C@@H]1C(=O)NC(CCC)C(=O)C(=O)NCC=C. The number of Topliss-reactive ketones (excluding diaryl/α,β-unsaturated/α-hetero) is 1. The summed E-state index contributed by atoms with van der Waals surface area (Å²) in [7, 11) is 0. The number of amides is 5. The van der Waals surface area contributed by atoms with E-state index >= 15 is 0 Å². The Morgan fingerprint density at radius 1 is 1.02 bits per heavy atom. The first-order chi connectivity index (χ1) is 19.7. The molecule has 0 aromatic carbocycles. The van der Waals surface area contributed by atoms with Crippen LogP contribution in [0.1, 0.15) is 92.9 Å². The third-order valence-electron chi connectivity index (χ3n) is 8.25. The zero-order valence-electron chi connectivity index (χ0n) is 26.3. The number of hydrogen-bond donors (Lipinski definition) is 4. The maximum absolute atomic E-state index is 14.3. The van der Waals surface area contributed by atoms with E-state index in [1.165, 1.54) is 11.0 Å². The van der Waals surface area contributed by atoms with Gasteiger partial charge < -0.3 is 26.2 Å². The van der Waals surface area contributed by atoms with Crippen LogP contribution in [0.4, 0.5) is 4.79 Å². The molecule has 1 aliphatic carbocycles. The van der Waals surface area contributed by atoms with Gasteiger partial charge in [0.15, 0.2) is 0 Å². The molecule has 0 bridgehead atoms. The standard InChI is InChI=1S/C32H51N5O5/c1-9-15-23(26(38)28(40)33-19-10-2)34-27(39)25-22(32(7,8)11-3)18-20-37(25)29(41)24(21-16-13-12-14-17-21)35-30(42)36-31(4,5)6/h3,10,21-25H,2,9,12-20H2,1,4-8H3,(H,33,40)(H,34,39)(H2,35,36,42)/t22-,23?,24-,25-/m0/s1. The zero-order valence-corrected chi connectivity index (χ0v) is 26.3. The van der Waals surface area contributed by atoms with E-state index in [0.717, 1.165) is 32.1 Å². The van der Waals surface area contributed by atoms with Gasteiger partial charge in [0.2, 0.25) is 17.6 Å². The Bertz CT molecular complexity index is 1050. The Kier molecular flexibility index (Phi) is 12.6. The highest BCUT2D eigenvalue weighted by atomic mass is 16.2. The summed E-state index contributed by atoms with van der Waals surface area (Å²) in [5.41, 5.74) is -1.24. The number of terminal acetylenes is 1. The Hall–Kier alpha value is -3.35. The van der Waals surface area contributed by atoms with Crippen LogP contribution >= 0.6 is 0 Å². The number of nitrogens with one attached hydrogen (secondary N) is 4. The molecule has 4 atom stereocenters. The molecule has 4 N–H and O–H groups in total. The van der Waals surface area contributed by atoms with E-state index in [4.69, 9.17) is 6.42 Å². The van der Waals surface area contributed by atoms with Crippen molar-refractivity contribution in [3.8, 4) is 12.3 Å². The fourth-order valence-electron chi connectivity index (χ4n) is 6.00. The van der Waals surface area contributed by atoms with Crippen molar-refractivity contribution in [2.75, 3.05) is 13.1 Å². The normalized spacial score (nSPS) is 20.9. The lowest BCUT2D eigenvalue weighted by Crippen LogP contribution is -2.61. The Labute approximate surface area is 251 Å². The van der Waals surface area contributed by atoms with Crippen molar-refractivity contribution in [1.82, 2.24) is 26.2 Å². The molecule has 1 saturated heterocycles. The summed E-state index contributed by atoms with van der Waals surface area (Å²) in [6, 6.07) is -3.27. The molecule has 10 nitrogen and oxygen atoms in total. The average Bonchev–Trinajstić information content (AvgIpc) is 3.39. The van der Waals surface area contributed by atoms with Crippen LogP contribution in [-0.2, 0) is 19.2 Å². The first-order valence-electron chi connectivity index (χ1n) is 15.3. The van der Waals surface area contributed by atoms with Crippen LogP contribution in [0.15, 0.2) is 12.7 Å². The average molecular weight is 586 g/mol. The summed E-state index contributed by atoms with van der Waals surface area (Å²) in [5.74, 6) is -0.0961. The predicted octanol–water partition coefficient (Wildman–Crippen LogP) is 3.07. The molecule has 1 unspecified atom stereocenters. The minimum Gasteiger partial charge on any atom is -0.346 e. The highest BCUT2D eigenvalue weighted by Crippen LogP contribution is 2.40. The number of nitrogens with zero attached hydrogens (tertiary/aromatic N) is 1. The second-order valence-electron chi connectivity index (χ2n) is 13.2. The maximum Gasteiger partial charge on any atom is 0.315 e. The smallest absolute Gasteiger partial charge is 0.315 e. The van der Waals surface area contributed by atoms with Crippen LogP contribution in [0.5, 0.6) is 0 Å². The largest absolute Gasteiger partial charge is 0.346 e. The van der Waals surface area contributed by atoms with Crippen LogP contribution in [0.3, 0.4) is 0 Å². The molecule has 5 amide bonds. The quantitative estimate of drug-likeness (QED) is 0.159. The van der Waals surface area contributed by atoms with Gasteiger partial charge in [-0.1, -0.05) is 38.7 Å². The highest BCUT2D eigenvalue weighted by Gasteiger charge is 2.50. The maximum atomic E-state index is 14.3. The number of rotatable bonds is 12. The third kappa shape index (κ3) is 9.33. The fourth-order valence-corrected chi connectivity index (χ4v) is 6.00. The molecule has 0 aromatic heterocycles. The van der Waals surface area contributed by atoms with Gasteiger partial charge in [0.1, 0.15) is 12.1 Å². The van der Waals surface area contributed by atoms with Crippen molar-refractivity contribution in [3.05, 3.63) is 12.7 Å². The first-order valence-corrected chi connectivity index (χ1v) is 15.3. The lowest BCUT2D eigenvalue weighted by Gasteiger charge is -2.38. The van der Waals surface area contributed by atoms with Crippen LogP contribution in [0, 0.1) is 29.6 Å². The molecule has 1 heterocycles. The number of carbonyl (C=O) groups excluding carboxylic acids is 5. The molecule has 42 heavy (non-hydrogen) atoms. The fraction of sp³-hybridized carbons (Fsp3) is 0.719. The van der Waals surface area contributed by atoms with Gasteiger partial charge in [-0.15, -0.1) is 18.9 Å². The van der Waals surface area contributed by atoms with E-state index < -0.39 is 58.6 Å². The van der Waals surface area contributed by atoms with E-state index in [-0.39, 0.29) is 31.3 Å². The second-order valence-corrected chi connectivity index (χ2v) is 13.2. The molecule has 2 rings (SSSR count). The molecule has 0 radical (unpaired) electrons. The van der Waals surface area contributed by atoms with Crippen LogP contribution in [0.25, 0.3) is 0 Å². The lowest BCUT2D eigenvalue weighted by atomic mass is 9.75. The molecule has 1 aliphatic heterocycles. The highest BCUT2D eigenvalue weighted by molar-refractivity contribution is 6.38. The van der Waals surface area contributed by atoms with Crippen molar-refractivity contribution in [1.29, 1.82) is 0 Å². The number of carbonyl (C=O) groups is 5. The Balaban J connectivity index is 2.42. The zero-order chi connectivity index (χ0) is 31.7. The number of ketones is 1. The van der Waals surface area contributed by atoms with Crippen LogP contribution in [0.2, 0.25) is 0 Å². The van der Waals surface area contributed by atoms with E-state index in [1.807, 2.05) is 41.5 Å². The molecular weight excluding hydrogens is 534 g/mol. The van der Waals surface area contributed by atoms with Gasteiger partial charge in [-0.3, -0.25) is 19.2 Å². The topological polar surface area (TPSA) is 137 Å². The Morgan fingerprint density at radius 3 is 2.21 bits per heavy atom. The van der Waals surface area contributed by atoms with Crippen molar-refractivity contribution in [2.45, 2.75) is 117 Å². The molecule has 0 spiro atoms. The summed E-state index contributed by atoms with van der Waals surface area (Å²) < 4.78 is 0. The molecule has 234 valence electrons. The minimum absolute atomic E-state index is 0.0663. The van der Waals surface area contributed by atoms with Gasteiger partial charge in [0.05, 0.1) is 6.04 Å².